The Bertz CT molecular complexity index is 360. The van der Waals surface area contributed by atoms with Crippen molar-refractivity contribution in [2.45, 2.75) is 47.0 Å². The first kappa shape index (κ1) is 26.9. The third-order valence-electron chi connectivity index (χ3n) is 4.79. The molecule has 1 aliphatic rings. The standard InChI is InChI=1S/C20H43N5O.HI/c1-5-21-20(23-11-18-26-17-9-19(3)4)22-10-7-8-12-25-15-13-24(6-2)14-16-25;/h19H,5-18H2,1-4H3,(H2,21,22,23);1H. The first-order valence-electron chi connectivity index (χ1n) is 10.7. The molecule has 0 spiro atoms. The van der Waals surface area contributed by atoms with Crippen LogP contribution in [-0.4, -0.2) is 87.9 Å². The molecule has 27 heavy (non-hydrogen) atoms. The van der Waals surface area contributed by atoms with E-state index in [9.17, 15) is 0 Å². The van der Waals surface area contributed by atoms with E-state index in [-0.39, 0.29) is 24.0 Å². The van der Waals surface area contributed by atoms with E-state index in [1.807, 2.05) is 0 Å². The highest BCUT2D eigenvalue weighted by Crippen LogP contribution is 2.03. The van der Waals surface area contributed by atoms with Crippen LogP contribution < -0.4 is 10.6 Å². The highest BCUT2D eigenvalue weighted by Gasteiger charge is 2.14. The van der Waals surface area contributed by atoms with E-state index >= 15 is 0 Å². The van der Waals surface area contributed by atoms with Crippen molar-refractivity contribution in [2.24, 2.45) is 10.9 Å². The first-order chi connectivity index (χ1) is 12.7. The molecule has 0 amide bonds. The summed E-state index contributed by atoms with van der Waals surface area (Å²) in [5.41, 5.74) is 0. The topological polar surface area (TPSA) is 52.1 Å². The van der Waals surface area contributed by atoms with Crippen LogP contribution in [0.2, 0.25) is 0 Å². The monoisotopic (exact) mass is 497 g/mol. The van der Waals surface area contributed by atoms with Crippen LogP contribution in [0.1, 0.15) is 47.0 Å². The number of nitrogens with one attached hydrogen (secondary N) is 2. The van der Waals surface area contributed by atoms with Gasteiger partial charge in [-0.3, -0.25) is 4.99 Å². The molecule has 162 valence electrons. The smallest absolute Gasteiger partial charge is 0.191 e. The normalized spacial score (nSPS) is 16.4. The maximum atomic E-state index is 5.64. The van der Waals surface area contributed by atoms with E-state index in [2.05, 4.69) is 53.1 Å². The van der Waals surface area contributed by atoms with Crippen LogP contribution in [0.5, 0.6) is 0 Å². The molecule has 0 aromatic rings. The Morgan fingerprint density at radius 2 is 1.70 bits per heavy atom. The summed E-state index contributed by atoms with van der Waals surface area (Å²) in [6, 6.07) is 0. The minimum atomic E-state index is 0. The van der Waals surface area contributed by atoms with Gasteiger partial charge in [0.25, 0.3) is 0 Å². The van der Waals surface area contributed by atoms with E-state index in [1.165, 1.54) is 45.7 Å². The summed E-state index contributed by atoms with van der Waals surface area (Å²) in [4.78, 5) is 9.80. The maximum Gasteiger partial charge on any atom is 0.191 e. The maximum absolute atomic E-state index is 5.64. The van der Waals surface area contributed by atoms with Crippen LogP contribution in [0.4, 0.5) is 0 Å². The van der Waals surface area contributed by atoms with Crippen molar-refractivity contribution in [1.82, 2.24) is 20.4 Å². The van der Waals surface area contributed by atoms with Crippen molar-refractivity contribution in [1.29, 1.82) is 0 Å². The summed E-state index contributed by atoms with van der Waals surface area (Å²) < 4.78 is 5.64. The number of halogens is 1. The second-order valence-electron chi connectivity index (χ2n) is 7.47. The summed E-state index contributed by atoms with van der Waals surface area (Å²) in [6.07, 6.45) is 3.50. The van der Waals surface area contributed by atoms with Crippen molar-refractivity contribution in [3.63, 3.8) is 0 Å². The van der Waals surface area contributed by atoms with Crippen LogP contribution in [0.25, 0.3) is 0 Å². The molecule has 0 aromatic carbocycles. The minimum Gasteiger partial charge on any atom is -0.380 e. The minimum absolute atomic E-state index is 0. The zero-order valence-electron chi connectivity index (χ0n) is 18.1. The first-order valence-corrected chi connectivity index (χ1v) is 10.7. The molecule has 0 atom stereocenters. The summed E-state index contributed by atoms with van der Waals surface area (Å²) in [7, 11) is 0. The Morgan fingerprint density at radius 3 is 2.33 bits per heavy atom. The van der Waals surface area contributed by atoms with Gasteiger partial charge in [-0.1, -0.05) is 20.8 Å². The van der Waals surface area contributed by atoms with E-state index in [1.54, 1.807) is 0 Å². The highest BCUT2D eigenvalue weighted by molar-refractivity contribution is 14.0. The molecule has 1 heterocycles. The van der Waals surface area contributed by atoms with Gasteiger partial charge in [-0.25, -0.2) is 0 Å². The van der Waals surface area contributed by atoms with Crippen LogP contribution >= 0.6 is 24.0 Å². The number of likely N-dealkylation sites (N-methyl/N-ethyl adjacent to an activating group) is 1. The van der Waals surface area contributed by atoms with Gasteiger partial charge in [-0.2, -0.15) is 0 Å². The molecule has 7 heteroatoms. The Morgan fingerprint density at radius 1 is 1.00 bits per heavy atom. The van der Waals surface area contributed by atoms with Crippen molar-refractivity contribution in [3.8, 4) is 0 Å². The van der Waals surface area contributed by atoms with Gasteiger partial charge in [0.2, 0.25) is 0 Å². The summed E-state index contributed by atoms with van der Waals surface area (Å²) in [5.74, 6) is 1.62. The third-order valence-corrected chi connectivity index (χ3v) is 4.79. The number of hydrogen-bond acceptors (Lipinski definition) is 4. The molecule has 1 aliphatic heterocycles. The lowest BCUT2D eigenvalue weighted by molar-refractivity contribution is 0.128. The molecule has 1 fully saturated rings. The van der Waals surface area contributed by atoms with Crippen molar-refractivity contribution >= 4 is 29.9 Å². The predicted octanol–water partition coefficient (Wildman–Crippen LogP) is 2.64. The number of rotatable bonds is 13. The molecule has 0 unspecified atom stereocenters. The second kappa shape index (κ2) is 17.9. The van der Waals surface area contributed by atoms with Gasteiger partial charge < -0.3 is 25.2 Å². The van der Waals surface area contributed by atoms with Crippen LogP contribution in [-0.2, 0) is 4.74 Å². The van der Waals surface area contributed by atoms with E-state index < -0.39 is 0 Å². The number of ether oxygens (including phenoxy) is 1. The van der Waals surface area contributed by atoms with Crippen molar-refractivity contribution < 1.29 is 4.74 Å². The zero-order chi connectivity index (χ0) is 19.0. The molecular weight excluding hydrogens is 453 g/mol. The lowest BCUT2D eigenvalue weighted by Crippen LogP contribution is -2.46. The van der Waals surface area contributed by atoms with E-state index in [0.717, 1.165) is 51.6 Å². The van der Waals surface area contributed by atoms with Crippen LogP contribution in [0.15, 0.2) is 4.99 Å². The largest absolute Gasteiger partial charge is 0.380 e. The van der Waals surface area contributed by atoms with Gasteiger partial charge >= 0.3 is 0 Å². The Hall–Kier alpha value is -0.120. The average Bonchev–Trinajstić information content (AvgIpc) is 2.64. The molecule has 0 bridgehead atoms. The van der Waals surface area contributed by atoms with E-state index in [4.69, 9.17) is 4.74 Å². The molecule has 0 aliphatic carbocycles. The molecule has 0 saturated carbocycles. The van der Waals surface area contributed by atoms with Crippen LogP contribution in [0, 0.1) is 5.92 Å². The van der Waals surface area contributed by atoms with Gasteiger partial charge in [0.1, 0.15) is 0 Å². The SMILES string of the molecule is CCNC(=NCCCCN1CCN(CC)CC1)NCCOCCC(C)C.I. The summed E-state index contributed by atoms with van der Waals surface area (Å²) in [6.45, 7) is 20.3. The number of guanidine groups is 1. The number of hydrogen-bond donors (Lipinski definition) is 2. The van der Waals surface area contributed by atoms with Gasteiger partial charge in [-0.05, 0) is 45.2 Å². The molecule has 2 N–H and O–H groups in total. The summed E-state index contributed by atoms with van der Waals surface area (Å²) in [5, 5.41) is 6.67. The lowest BCUT2D eigenvalue weighted by atomic mass is 10.1. The molecule has 1 rings (SSSR count). The Balaban J connectivity index is 0.00000676. The fraction of sp³-hybridized carbons (Fsp3) is 0.950. The van der Waals surface area contributed by atoms with Crippen LogP contribution in [0.3, 0.4) is 0 Å². The highest BCUT2D eigenvalue weighted by atomic mass is 127. The van der Waals surface area contributed by atoms with Gasteiger partial charge in [0, 0.05) is 52.4 Å². The van der Waals surface area contributed by atoms with Gasteiger partial charge in [0.15, 0.2) is 5.96 Å². The third kappa shape index (κ3) is 14.5. The molecule has 6 nitrogen and oxygen atoms in total. The zero-order valence-corrected chi connectivity index (χ0v) is 20.5. The van der Waals surface area contributed by atoms with Crippen molar-refractivity contribution in [3.05, 3.63) is 0 Å². The lowest BCUT2D eigenvalue weighted by Gasteiger charge is -2.33. The summed E-state index contributed by atoms with van der Waals surface area (Å²) >= 11 is 0. The molecule has 1 saturated heterocycles. The number of nitrogens with zero attached hydrogens (tertiary/aromatic N) is 3. The second-order valence-corrected chi connectivity index (χ2v) is 7.47. The Kier molecular flexibility index (Phi) is 17.9. The fourth-order valence-corrected chi connectivity index (χ4v) is 2.97. The molecule has 0 radical (unpaired) electrons. The number of unbranched alkanes of at least 4 members (excludes halogenated alkanes) is 1. The van der Waals surface area contributed by atoms with Gasteiger partial charge in [0.05, 0.1) is 6.61 Å². The average molecular weight is 498 g/mol. The van der Waals surface area contributed by atoms with Crippen molar-refractivity contribution in [2.75, 3.05) is 72.1 Å². The fourth-order valence-electron chi connectivity index (χ4n) is 2.97. The predicted molar refractivity (Wildman–Crippen MR) is 127 cm³/mol. The number of aliphatic imine (C=N–C) groups is 1. The quantitative estimate of drug-likeness (QED) is 0.177. The van der Waals surface area contributed by atoms with Gasteiger partial charge in [-0.15, -0.1) is 24.0 Å². The Labute approximate surface area is 184 Å². The number of piperazine rings is 1. The molecular formula is C20H44IN5O. The molecule has 0 aromatic heterocycles. The van der Waals surface area contributed by atoms with E-state index in [0.29, 0.717) is 5.92 Å².